The zero-order valence-corrected chi connectivity index (χ0v) is 34.0. The Morgan fingerprint density at radius 1 is 0.274 bits per heavy atom. The van der Waals surface area contributed by atoms with Gasteiger partial charge in [-0.1, -0.05) is 164 Å². The van der Waals surface area contributed by atoms with Gasteiger partial charge in [-0.05, 0) is 139 Å². The lowest BCUT2D eigenvalue weighted by molar-refractivity contribution is 0.769. The van der Waals surface area contributed by atoms with Crippen LogP contribution in [0.3, 0.4) is 0 Å². The third-order valence-electron chi connectivity index (χ3n) is 12.4. The number of nitrogens with zero attached hydrogens (tertiary/aromatic N) is 3. The lowest BCUT2D eigenvalue weighted by atomic mass is 9.67. The summed E-state index contributed by atoms with van der Waals surface area (Å²) in [6, 6.07) is 81.7. The van der Waals surface area contributed by atoms with E-state index in [1.807, 2.05) is 24.8 Å². The molecule has 8 aromatic carbocycles. The molecule has 3 heteroatoms. The van der Waals surface area contributed by atoms with Gasteiger partial charge in [0, 0.05) is 41.8 Å². The van der Waals surface area contributed by atoms with Gasteiger partial charge in [0.05, 0.1) is 5.41 Å². The topological polar surface area (TPSA) is 29.0 Å². The van der Waals surface area contributed by atoms with E-state index >= 15 is 0 Å². The van der Waals surface area contributed by atoms with Crippen molar-refractivity contribution in [1.29, 1.82) is 0 Å². The molecule has 10 aromatic rings. The first-order valence-electron chi connectivity index (χ1n) is 21.1. The summed E-state index contributed by atoms with van der Waals surface area (Å²) in [6.07, 6.45) is 7.42. The summed E-state index contributed by atoms with van der Waals surface area (Å²) in [5.74, 6) is 0. The summed E-state index contributed by atoms with van der Waals surface area (Å²) < 4.78 is 0. The molecule has 3 nitrogen and oxygen atoms in total. The smallest absolute Gasteiger partial charge is 0.0713 e. The molecule has 0 bridgehead atoms. The van der Waals surface area contributed by atoms with Gasteiger partial charge in [-0.15, -0.1) is 0 Å². The minimum Gasteiger partial charge on any atom is -0.310 e. The number of benzene rings is 8. The molecule has 0 saturated heterocycles. The molecular formula is C59H41N3. The third-order valence-corrected chi connectivity index (χ3v) is 12.4. The number of aromatic nitrogens is 2. The van der Waals surface area contributed by atoms with E-state index in [2.05, 4.69) is 239 Å². The fraction of sp³-hybridized carbons (Fsp3) is 0.0169. The minimum atomic E-state index is -0.572. The average Bonchev–Trinajstić information content (AvgIpc) is 3.66. The third kappa shape index (κ3) is 6.48. The van der Waals surface area contributed by atoms with Crippen molar-refractivity contribution in [2.24, 2.45) is 0 Å². The molecule has 0 fully saturated rings. The zero-order valence-electron chi connectivity index (χ0n) is 34.0. The van der Waals surface area contributed by atoms with Crippen LogP contribution in [0.15, 0.2) is 249 Å². The lowest BCUT2D eigenvalue weighted by Gasteiger charge is -2.34. The molecule has 1 aliphatic rings. The number of rotatable bonds is 9. The average molecular weight is 792 g/mol. The number of fused-ring (bicyclic) bond motifs is 3. The first-order valence-corrected chi connectivity index (χ1v) is 21.1. The van der Waals surface area contributed by atoms with Crippen LogP contribution in [0.1, 0.15) is 22.3 Å². The van der Waals surface area contributed by atoms with Gasteiger partial charge in [0.25, 0.3) is 0 Å². The van der Waals surface area contributed by atoms with E-state index in [1.54, 1.807) is 0 Å². The molecule has 0 radical (unpaired) electrons. The van der Waals surface area contributed by atoms with Gasteiger partial charge < -0.3 is 4.90 Å². The standard InChI is InChI=1S/C59H41N3/c1-3-9-42(10-4-1)46-19-27-52(28-20-46)62(53-29-21-47(22-30-53)43-11-5-2-6-12-43)54-31-32-58-56(41-54)55-13-7-8-14-57(55)59(58,50-23-15-44(16-24-50)48-33-37-60-38-34-48)51-25-17-45(18-26-51)49-35-39-61-40-36-49/h1-41H. The van der Waals surface area contributed by atoms with Crippen molar-refractivity contribution >= 4 is 17.1 Å². The van der Waals surface area contributed by atoms with Gasteiger partial charge in [0.2, 0.25) is 0 Å². The van der Waals surface area contributed by atoms with Crippen LogP contribution in [0.25, 0.3) is 55.6 Å². The Labute approximate surface area is 363 Å². The highest BCUT2D eigenvalue weighted by Crippen LogP contribution is 2.57. The van der Waals surface area contributed by atoms with Gasteiger partial charge in [0.15, 0.2) is 0 Å². The van der Waals surface area contributed by atoms with Gasteiger partial charge in [-0.25, -0.2) is 0 Å². The monoisotopic (exact) mass is 791 g/mol. The highest BCUT2D eigenvalue weighted by molar-refractivity contribution is 5.91. The van der Waals surface area contributed by atoms with Gasteiger partial charge in [-0.2, -0.15) is 0 Å². The van der Waals surface area contributed by atoms with Crippen molar-refractivity contribution in [3.05, 3.63) is 271 Å². The predicted molar refractivity (Wildman–Crippen MR) is 256 cm³/mol. The summed E-state index contributed by atoms with van der Waals surface area (Å²) >= 11 is 0. The maximum absolute atomic E-state index is 4.26. The van der Waals surface area contributed by atoms with E-state index in [4.69, 9.17) is 0 Å². The molecule has 2 heterocycles. The summed E-state index contributed by atoms with van der Waals surface area (Å²) in [4.78, 5) is 10.9. The quantitative estimate of drug-likeness (QED) is 0.146. The van der Waals surface area contributed by atoms with Crippen molar-refractivity contribution in [1.82, 2.24) is 9.97 Å². The van der Waals surface area contributed by atoms with E-state index in [-0.39, 0.29) is 0 Å². The molecule has 0 N–H and O–H groups in total. The van der Waals surface area contributed by atoms with E-state index < -0.39 is 5.41 Å². The van der Waals surface area contributed by atoms with Crippen LogP contribution < -0.4 is 4.90 Å². The second-order valence-corrected chi connectivity index (χ2v) is 15.8. The largest absolute Gasteiger partial charge is 0.310 e. The van der Waals surface area contributed by atoms with Crippen LogP contribution in [-0.4, -0.2) is 9.97 Å². The van der Waals surface area contributed by atoms with Crippen LogP contribution in [0.2, 0.25) is 0 Å². The number of hydrogen-bond donors (Lipinski definition) is 0. The van der Waals surface area contributed by atoms with Crippen LogP contribution in [0.4, 0.5) is 17.1 Å². The summed E-state index contributed by atoms with van der Waals surface area (Å²) in [5.41, 5.74) is 19.5. The molecule has 62 heavy (non-hydrogen) atoms. The van der Waals surface area contributed by atoms with E-state index in [0.29, 0.717) is 0 Å². The molecule has 0 unspecified atom stereocenters. The Balaban J connectivity index is 1.09. The van der Waals surface area contributed by atoms with E-state index in [9.17, 15) is 0 Å². The summed E-state index contributed by atoms with van der Waals surface area (Å²) in [7, 11) is 0. The second-order valence-electron chi connectivity index (χ2n) is 15.8. The highest BCUT2D eigenvalue weighted by Gasteiger charge is 2.46. The second kappa shape index (κ2) is 15.8. The minimum absolute atomic E-state index is 0.572. The Hall–Kier alpha value is -8.14. The first-order chi connectivity index (χ1) is 30.7. The van der Waals surface area contributed by atoms with E-state index in [0.717, 1.165) is 39.3 Å². The van der Waals surface area contributed by atoms with Crippen LogP contribution in [0.5, 0.6) is 0 Å². The van der Waals surface area contributed by atoms with Gasteiger partial charge in [0.1, 0.15) is 0 Å². The van der Waals surface area contributed by atoms with Crippen molar-refractivity contribution in [2.75, 3.05) is 4.90 Å². The highest BCUT2D eigenvalue weighted by atomic mass is 15.1. The van der Waals surface area contributed by atoms with Crippen LogP contribution >= 0.6 is 0 Å². The van der Waals surface area contributed by atoms with E-state index in [1.165, 1.54) is 55.6 Å². The molecule has 292 valence electrons. The Morgan fingerprint density at radius 2 is 0.629 bits per heavy atom. The number of pyridine rings is 2. The maximum Gasteiger partial charge on any atom is 0.0713 e. The summed E-state index contributed by atoms with van der Waals surface area (Å²) in [5, 5.41) is 0. The van der Waals surface area contributed by atoms with Gasteiger partial charge >= 0.3 is 0 Å². The molecule has 0 amide bonds. The lowest BCUT2D eigenvalue weighted by Crippen LogP contribution is -2.28. The molecule has 2 aromatic heterocycles. The molecule has 0 atom stereocenters. The fourth-order valence-electron chi connectivity index (χ4n) is 9.43. The van der Waals surface area contributed by atoms with Crippen molar-refractivity contribution < 1.29 is 0 Å². The molecule has 0 aliphatic heterocycles. The van der Waals surface area contributed by atoms with Crippen molar-refractivity contribution in [3.63, 3.8) is 0 Å². The molecule has 0 saturated carbocycles. The van der Waals surface area contributed by atoms with Crippen molar-refractivity contribution in [2.45, 2.75) is 5.41 Å². The first kappa shape index (κ1) is 36.9. The zero-order chi connectivity index (χ0) is 41.3. The Kier molecular flexibility index (Phi) is 9.40. The molecule has 1 aliphatic carbocycles. The summed E-state index contributed by atoms with van der Waals surface area (Å²) in [6.45, 7) is 0. The molecular weight excluding hydrogens is 751 g/mol. The predicted octanol–water partition coefficient (Wildman–Crippen LogP) is 15.0. The number of hydrogen-bond acceptors (Lipinski definition) is 3. The number of anilines is 3. The maximum atomic E-state index is 4.26. The van der Waals surface area contributed by atoms with Crippen molar-refractivity contribution in [3.8, 4) is 55.6 Å². The molecule has 0 spiro atoms. The Morgan fingerprint density at radius 3 is 1.10 bits per heavy atom. The fourth-order valence-corrected chi connectivity index (χ4v) is 9.43. The van der Waals surface area contributed by atoms with Crippen LogP contribution in [0, 0.1) is 0 Å². The Bertz CT molecular complexity index is 2950. The molecule has 11 rings (SSSR count). The normalized spacial score (nSPS) is 12.3. The SMILES string of the molecule is c1ccc(-c2ccc(N(c3ccc(-c4ccccc4)cc3)c3ccc4c(c3)-c3ccccc3C4(c3ccc(-c4ccncc4)cc3)c3ccc(-c4ccncc4)cc3)cc2)cc1. The van der Waals surface area contributed by atoms with Crippen LogP contribution in [-0.2, 0) is 5.41 Å². The van der Waals surface area contributed by atoms with Gasteiger partial charge in [-0.3, -0.25) is 9.97 Å².